The molecule has 1 aromatic carbocycles. The Kier molecular flexibility index (Phi) is 3.94. The van der Waals surface area contributed by atoms with Crippen molar-refractivity contribution in [2.24, 2.45) is 5.73 Å². The van der Waals surface area contributed by atoms with Crippen molar-refractivity contribution < 1.29 is 19.4 Å². The van der Waals surface area contributed by atoms with Crippen LogP contribution in [0.15, 0.2) is 18.2 Å². The predicted molar refractivity (Wildman–Crippen MR) is 74.0 cm³/mol. The molecule has 0 bridgehead atoms. The molecule has 1 aliphatic rings. The molecule has 4 N–H and O–H groups in total. The van der Waals surface area contributed by atoms with Crippen LogP contribution in [-0.4, -0.2) is 29.6 Å². The Labute approximate surface area is 116 Å². The molecule has 1 fully saturated rings. The maximum absolute atomic E-state index is 11.9. The number of nitrogens with two attached hydrogens (primary N) is 1. The number of carboxylic acids is 1. The minimum atomic E-state index is -1.12. The van der Waals surface area contributed by atoms with Crippen LogP contribution >= 0.6 is 0 Å². The number of benzene rings is 1. The zero-order valence-corrected chi connectivity index (χ0v) is 11.3. The van der Waals surface area contributed by atoms with Gasteiger partial charge in [-0.1, -0.05) is 0 Å². The van der Waals surface area contributed by atoms with Crippen LogP contribution in [-0.2, 0) is 4.79 Å². The maximum atomic E-state index is 11.9. The van der Waals surface area contributed by atoms with E-state index in [0.717, 1.165) is 19.3 Å². The van der Waals surface area contributed by atoms with Crippen molar-refractivity contribution in [1.82, 2.24) is 0 Å². The quantitative estimate of drug-likeness (QED) is 0.759. The average Bonchev–Trinajstić information content (AvgIpc) is 2.37. The molecule has 0 saturated heterocycles. The van der Waals surface area contributed by atoms with Gasteiger partial charge in [0.1, 0.15) is 5.75 Å². The molecule has 0 heterocycles. The summed E-state index contributed by atoms with van der Waals surface area (Å²) in [6.07, 6.45) is 2.90. The van der Waals surface area contributed by atoms with Gasteiger partial charge in [-0.05, 0) is 37.5 Å². The Hall–Kier alpha value is -2.08. The first-order chi connectivity index (χ1) is 9.43. The number of carboxylic acid groups (broad SMARTS) is 1. The Morgan fingerprint density at radius 1 is 1.45 bits per heavy atom. The van der Waals surface area contributed by atoms with Crippen LogP contribution in [0.1, 0.15) is 36.0 Å². The highest BCUT2D eigenvalue weighted by molar-refractivity contribution is 6.01. The predicted octanol–water partition coefficient (Wildman–Crippen LogP) is 1.60. The third kappa shape index (κ3) is 3.08. The first-order valence-electron chi connectivity index (χ1n) is 6.44. The highest BCUT2D eigenvalue weighted by atomic mass is 16.5. The minimum absolute atomic E-state index is 0.00243. The van der Waals surface area contributed by atoms with Gasteiger partial charge < -0.3 is 20.9 Å². The SMILES string of the molecule is COc1ccc(NC(=O)CC2(N)CCC2)c(C(=O)O)c1. The van der Waals surface area contributed by atoms with Gasteiger partial charge in [-0.2, -0.15) is 0 Å². The Bertz CT molecular complexity index is 538. The second-order valence-corrected chi connectivity index (χ2v) is 5.16. The maximum Gasteiger partial charge on any atom is 0.337 e. The lowest BCUT2D eigenvalue weighted by molar-refractivity contribution is -0.118. The van der Waals surface area contributed by atoms with Crippen molar-refractivity contribution in [2.75, 3.05) is 12.4 Å². The van der Waals surface area contributed by atoms with Crippen molar-refractivity contribution in [3.63, 3.8) is 0 Å². The summed E-state index contributed by atoms with van der Waals surface area (Å²) in [4.78, 5) is 23.1. The number of amides is 1. The lowest BCUT2D eigenvalue weighted by atomic mass is 9.75. The van der Waals surface area contributed by atoms with Gasteiger partial charge in [0.05, 0.1) is 18.4 Å². The average molecular weight is 278 g/mol. The molecule has 1 saturated carbocycles. The Balaban J connectivity index is 2.11. The second kappa shape index (κ2) is 5.50. The number of hydrogen-bond acceptors (Lipinski definition) is 4. The van der Waals surface area contributed by atoms with Gasteiger partial charge in [0.2, 0.25) is 5.91 Å². The number of rotatable bonds is 5. The molecule has 1 amide bonds. The summed E-state index contributed by atoms with van der Waals surface area (Å²) in [5, 5.41) is 11.8. The van der Waals surface area contributed by atoms with E-state index in [1.807, 2.05) is 0 Å². The van der Waals surface area contributed by atoms with Gasteiger partial charge >= 0.3 is 5.97 Å². The lowest BCUT2D eigenvalue weighted by Gasteiger charge is -2.37. The van der Waals surface area contributed by atoms with Crippen molar-refractivity contribution >= 4 is 17.6 Å². The molecule has 1 aliphatic carbocycles. The molecular formula is C14H18N2O4. The van der Waals surface area contributed by atoms with Crippen LogP contribution in [0, 0.1) is 0 Å². The van der Waals surface area contributed by atoms with Crippen LogP contribution in [0.5, 0.6) is 5.75 Å². The molecule has 0 atom stereocenters. The number of ether oxygens (including phenoxy) is 1. The van der Waals surface area contributed by atoms with Gasteiger partial charge in [0.15, 0.2) is 0 Å². The summed E-state index contributed by atoms with van der Waals surface area (Å²) >= 11 is 0. The van der Waals surface area contributed by atoms with E-state index in [-0.39, 0.29) is 23.6 Å². The zero-order valence-electron chi connectivity index (χ0n) is 11.3. The third-order valence-corrected chi connectivity index (χ3v) is 3.59. The lowest BCUT2D eigenvalue weighted by Crippen LogP contribution is -2.49. The van der Waals surface area contributed by atoms with E-state index in [1.54, 1.807) is 6.07 Å². The second-order valence-electron chi connectivity index (χ2n) is 5.16. The van der Waals surface area contributed by atoms with Gasteiger partial charge in [0, 0.05) is 12.0 Å². The molecule has 0 spiro atoms. The van der Waals surface area contributed by atoms with Crippen molar-refractivity contribution in [1.29, 1.82) is 0 Å². The fourth-order valence-electron chi connectivity index (χ4n) is 2.26. The number of hydrogen-bond donors (Lipinski definition) is 3. The van der Waals surface area contributed by atoms with Gasteiger partial charge in [-0.3, -0.25) is 4.79 Å². The summed E-state index contributed by atoms with van der Waals surface area (Å²) in [7, 11) is 1.45. The van der Waals surface area contributed by atoms with Gasteiger partial charge in [-0.25, -0.2) is 4.79 Å². The van der Waals surface area contributed by atoms with E-state index in [0.29, 0.717) is 5.75 Å². The molecule has 0 unspecified atom stereocenters. The molecule has 1 aromatic rings. The number of methoxy groups -OCH3 is 1. The number of nitrogens with one attached hydrogen (secondary N) is 1. The minimum Gasteiger partial charge on any atom is -0.497 e. The molecule has 0 aromatic heterocycles. The molecule has 0 aliphatic heterocycles. The molecule has 6 nitrogen and oxygen atoms in total. The van der Waals surface area contributed by atoms with Gasteiger partial charge in [-0.15, -0.1) is 0 Å². The third-order valence-electron chi connectivity index (χ3n) is 3.59. The van der Waals surface area contributed by atoms with E-state index >= 15 is 0 Å². The van der Waals surface area contributed by atoms with Crippen molar-refractivity contribution in [3.05, 3.63) is 23.8 Å². The topological polar surface area (TPSA) is 102 Å². The molecular weight excluding hydrogens is 260 g/mol. The molecule has 0 radical (unpaired) electrons. The van der Waals surface area contributed by atoms with Crippen LogP contribution in [0.4, 0.5) is 5.69 Å². The molecule has 6 heteroatoms. The highest BCUT2D eigenvalue weighted by Crippen LogP contribution is 2.32. The highest BCUT2D eigenvalue weighted by Gasteiger charge is 2.34. The summed E-state index contributed by atoms with van der Waals surface area (Å²) in [5.41, 5.74) is 5.83. The monoisotopic (exact) mass is 278 g/mol. The summed E-state index contributed by atoms with van der Waals surface area (Å²) in [6, 6.07) is 4.49. The Morgan fingerprint density at radius 2 is 2.15 bits per heavy atom. The number of carbonyl (C=O) groups is 2. The van der Waals surface area contributed by atoms with Crippen LogP contribution in [0.25, 0.3) is 0 Å². The number of anilines is 1. The fraction of sp³-hybridized carbons (Fsp3) is 0.429. The Morgan fingerprint density at radius 3 is 2.65 bits per heavy atom. The smallest absolute Gasteiger partial charge is 0.337 e. The van der Waals surface area contributed by atoms with Crippen molar-refractivity contribution in [3.8, 4) is 5.75 Å². The molecule has 20 heavy (non-hydrogen) atoms. The normalized spacial score (nSPS) is 16.1. The van der Waals surface area contributed by atoms with E-state index in [4.69, 9.17) is 15.6 Å². The van der Waals surface area contributed by atoms with Crippen LogP contribution < -0.4 is 15.8 Å². The summed E-state index contributed by atoms with van der Waals surface area (Å²) in [5.74, 6) is -0.958. The number of carbonyl (C=O) groups excluding carboxylic acids is 1. The van der Waals surface area contributed by atoms with E-state index in [1.165, 1.54) is 19.2 Å². The summed E-state index contributed by atoms with van der Waals surface area (Å²) < 4.78 is 4.98. The zero-order chi connectivity index (χ0) is 14.8. The van der Waals surface area contributed by atoms with E-state index in [2.05, 4.69) is 5.32 Å². The molecule has 2 rings (SSSR count). The number of aromatic carboxylic acids is 1. The van der Waals surface area contributed by atoms with E-state index in [9.17, 15) is 9.59 Å². The first-order valence-corrected chi connectivity index (χ1v) is 6.44. The summed E-state index contributed by atoms with van der Waals surface area (Å²) in [6.45, 7) is 0. The molecule has 108 valence electrons. The van der Waals surface area contributed by atoms with Crippen molar-refractivity contribution in [2.45, 2.75) is 31.2 Å². The van der Waals surface area contributed by atoms with Gasteiger partial charge in [0.25, 0.3) is 0 Å². The first kappa shape index (κ1) is 14.3. The standard InChI is InChI=1S/C14H18N2O4/c1-20-9-3-4-11(10(7-9)13(18)19)16-12(17)8-14(15)5-2-6-14/h3-4,7H,2,5-6,8,15H2,1H3,(H,16,17)(H,18,19). The van der Waals surface area contributed by atoms with Crippen LogP contribution in [0.2, 0.25) is 0 Å². The van der Waals surface area contributed by atoms with E-state index < -0.39 is 11.5 Å². The van der Waals surface area contributed by atoms with Crippen LogP contribution in [0.3, 0.4) is 0 Å². The largest absolute Gasteiger partial charge is 0.497 e. The fourth-order valence-corrected chi connectivity index (χ4v) is 2.26.